The second kappa shape index (κ2) is 8.53. The summed E-state index contributed by atoms with van der Waals surface area (Å²) < 4.78 is 18.1. The number of hydrogen-bond acceptors (Lipinski definition) is 4. The summed E-state index contributed by atoms with van der Waals surface area (Å²) in [5.41, 5.74) is 3.67. The zero-order valence-corrected chi connectivity index (χ0v) is 23.5. The van der Waals surface area contributed by atoms with Crippen LogP contribution in [0.4, 0.5) is 10.1 Å². The number of carbonyl (C=O) groups excluding carboxylic acids is 1. The van der Waals surface area contributed by atoms with Gasteiger partial charge in [0.2, 0.25) is 5.91 Å². The molecular formula is C31H25Cl2FN4O3. The minimum atomic E-state index is -1.20. The van der Waals surface area contributed by atoms with E-state index in [-0.39, 0.29) is 28.5 Å². The molecule has 1 amide bonds. The number of nitrogens with zero attached hydrogens (tertiary/aromatic N) is 3. The Morgan fingerprint density at radius 3 is 2.78 bits per heavy atom. The van der Waals surface area contributed by atoms with Crippen LogP contribution in [0.25, 0.3) is 5.65 Å². The van der Waals surface area contributed by atoms with E-state index in [0.29, 0.717) is 46.4 Å². The van der Waals surface area contributed by atoms with Crippen molar-refractivity contribution in [2.24, 2.45) is 5.92 Å². The second-order valence-corrected chi connectivity index (χ2v) is 12.6. The Bertz CT molecular complexity index is 1840. The third kappa shape index (κ3) is 3.32. The first-order chi connectivity index (χ1) is 19.7. The number of imidazole rings is 1. The fraction of sp³-hybridized carbons (Fsp3) is 0.323. The van der Waals surface area contributed by atoms with Crippen molar-refractivity contribution in [1.29, 1.82) is 0 Å². The van der Waals surface area contributed by atoms with Crippen molar-refractivity contribution in [3.63, 3.8) is 0 Å². The summed E-state index contributed by atoms with van der Waals surface area (Å²) in [5, 5.41) is 13.3. The molecule has 2 fully saturated rings. The van der Waals surface area contributed by atoms with Crippen LogP contribution in [0, 0.1) is 18.7 Å². The molecule has 1 saturated carbocycles. The molecule has 0 unspecified atom stereocenters. The number of aromatic nitrogens is 2. The van der Waals surface area contributed by atoms with Crippen LogP contribution >= 0.6 is 23.2 Å². The lowest BCUT2D eigenvalue weighted by Crippen LogP contribution is -2.53. The van der Waals surface area contributed by atoms with Crippen LogP contribution in [0.2, 0.25) is 10.0 Å². The summed E-state index contributed by atoms with van der Waals surface area (Å²) in [6, 6.07) is 11.9. The van der Waals surface area contributed by atoms with Crippen molar-refractivity contribution >= 4 is 46.4 Å². The molecule has 2 aromatic heterocycles. The summed E-state index contributed by atoms with van der Waals surface area (Å²) in [7, 11) is 0. The number of fused-ring (bicyclic) bond motifs is 7. The SMILES string of the molecule is Cc1cn2c3c(nc2cc1C(=O)O)[C@@H]1[C@H](C3)N(CC2CC2)[C@@]2(C(=O)Nc3cc(Cl)ccc32)[C@H]1c1cccc(Cl)c1F. The van der Waals surface area contributed by atoms with Crippen LogP contribution in [0.1, 0.15) is 63.1 Å². The van der Waals surface area contributed by atoms with Crippen LogP contribution in [-0.2, 0) is 16.8 Å². The van der Waals surface area contributed by atoms with Gasteiger partial charge >= 0.3 is 5.97 Å². The summed E-state index contributed by atoms with van der Waals surface area (Å²) in [6.07, 6.45) is 4.58. The number of pyridine rings is 1. The van der Waals surface area contributed by atoms with Gasteiger partial charge in [-0.15, -0.1) is 0 Å². The number of likely N-dealkylation sites (tertiary alicyclic amines) is 1. The van der Waals surface area contributed by atoms with E-state index in [1.165, 1.54) is 6.07 Å². The molecule has 10 heteroatoms. The summed E-state index contributed by atoms with van der Waals surface area (Å²) in [4.78, 5) is 33.6. The molecule has 1 spiro atoms. The van der Waals surface area contributed by atoms with Gasteiger partial charge in [0.1, 0.15) is 17.0 Å². The van der Waals surface area contributed by atoms with Crippen molar-refractivity contribution in [2.45, 2.75) is 49.6 Å². The number of carboxylic acid groups (broad SMARTS) is 1. The minimum Gasteiger partial charge on any atom is -0.478 e. The minimum absolute atomic E-state index is 0.000441. The van der Waals surface area contributed by atoms with Crippen LogP contribution in [0.3, 0.4) is 0 Å². The molecule has 2 aliphatic heterocycles. The number of benzene rings is 2. The molecule has 4 aliphatic rings. The van der Waals surface area contributed by atoms with E-state index in [1.54, 1.807) is 37.3 Å². The van der Waals surface area contributed by atoms with Gasteiger partial charge in [0.05, 0.1) is 16.3 Å². The van der Waals surface area contributed by atoms with Crippen molar-refractivity contribution < 1.29 is 19.1 Å². The third-order valence-electron chi connectivity index (χ3n) is 9.57. The zero-order chi connectivity index (χ0) is 28.4. The lowest BCUT2D eigenvalue weighted by molar-refractivity contribution is -0.128. The molecule has 4 heterocycles. The van der Waals surface area contributed by atoms with Gasteiger partial charge in [-0.25, -0.2) is 14.2 Å². The standard InChI is InChI=1S/C31H25Cl2FN4O3/c1-14-12-37-23-11-22-25(28(23)36-24(37)10-18(14)29(39)40)26(17-3-2-4-20(33)27(17)34)31(38(22)13-15-5-6-15)19-8-7-16(32)9-21(19)35-30(31)41/h2-4,7-10,12,15,22,25-26H,5-6,11,13H2,1H3,(H,35,41)(H,39,40)/t22-,25+,26-,31+/m0/s1. The first-order valence-corrected chi connectivity index (χ1v) is 14.5. The van der Waals surface area contributed by atoms with Crippen molar-refractivity contribution in [3.05, 3.63) is 98.2 Å². The molecule has 0 radical (unpaired) electrons. The Balaban J connectivity index is 1.42. The Kier molecular flexibility index (Phi) is 5.26. The second-order valence-electron chi connectivity index (χ2n) is 11.8. The molecule has 0 bridgehead atoms. The highest BCUT2D eigenvalue weighted by Crippen LogP contribution is 2.65. The van der Waals surface area contributed by atoms with Gasteiger partial charge in [-0.05, 0) is 61.1 Å². The normalized spacial score (nSPS) is 26.4. The molecule has 4 aromatic rings. The molecule has 4 atom stereocenters. The number of carboxylic acids is 1. The van der Waals surface area contributed by atoms with E-state index in [1.807, 2.05) is 16.7 Å². The Hall–Kier alpha value is -3.46. The lowest BCUT2D eigenvalue weighted by Gasteiger charge is -2.40. The Morgan fingerprint density at radius 1 is 1.22 bits per heavy atom. The molecule has 41 heavy (non-hydrogen) atoms. The lowest BCUT2D eigenvalue weighted by atomic mass is 9.71. The number of rotatable bonds is 4. The first kappa shape index (κ1) is 25.3. The number of halogens is 3. The van der Waals surface area contributed by atoms with Crippen LogP contribution in [-0.4, -0.2) is 43.9 Å². The van der Waals surface area contributed by atoms with E-state index < -0.39 is 23.2 Å². The summed E-state index contributed by atoms with van der Waals surface area (Å²) in [6.45, 7) is 2.47. The largest absolute Gasteiger partial charge is 0.478 e. The van der Waals surface area contributed by atoms with Crippen LogP contribution in [0.5, 0.6) is 0 Å². The third-order valence-corrected chi connectivity index (χ3v) is 10.1. The molecule has 208 valence electrons. The Morgan fingerprint density at radius 2 is 2.02 bits per heavy atom. The van der Waals surface area contributed by atoms with E-state index >= 15 is 4.39 Å². The quantitative estimate of drug-likeness (QED) is 0.297. The molecule has 2 aromatic carbocycles. The van der Waals surface area contributed by atoms with Crippen molar-refractivity contribution in [2.75, 3.05) is 11.9 Å². The van der Waals surface area contributed by atoms with E-state index in [9.17, 15) is 14.7 Å². The van der Waals surface area contributed by atoms with E-state index in [4.69, 9.17) is 28.2 Å². The highest BCUT2D eigenvalue weighted by Gasteiger charge is 2.69. The van der Waals surface area contributed by atoms with E-state index in [2.05, 4.69) is 10.2 Å². The number of hydrogen-bond donors (Lipinski definition) is 2. The van der Waals surface area contributed by atoms with Crippen LogP contribution in [0.15, 0.2) is 48.7 Å². The summed E-state index contributed by atoms with van der Waals surface area (Å²) >= 11 is 12.7. The molecule has 2 aliphatic carbocycles. The van der Waals surface area contributed by atoms with Gasteiger partial charge in [-0.2, -0.15) is 0 Å². The fourth-order valence-electron chi connectivity index (χ4n) is 7.77. The van der Waals surface area contributed by atoms with Gasteiger partial charge in [0.25, 0.3) is 0 Å². The van der Waals surface area contributed by atoms with Crippen LogP contribution < -0.4 is 5.32 Å². The average molecular weight is 591 g/mol. The first-order valence-electron chi connectivity index (χ1n) is 13.8. The van der Waals surface area contributed by atoms with E-state index in [0.717, 1.165) is 29.8 Å². The van der Waals surface area contributed by atoms with Gasteiger partial charge in [0, 0.05) is 59.0 Å². The molecule has 1 saturated heterocycles. The maximum absolute atomic E-state index is 16.1. The number of aryl methyl sites for hydroxylation is 1. The number of nitrogens with one attached hydrogen (secondary N) is 1. The average Bonchev–Trinajstić information content (AvgIpc) is 3.39. The van der Waals surface area contributed by atoms with Crippen molar-refractivity contribution in [3.8, 4) is 0 Å². The fourth-order valence-corrected chi connectivity index (χ4v) is 8.12. The highest BCUT2D eigenvalue weighted by molar-refractivity contribution is 6.31. The van der Waals surface area contributed by atoms with Gasteiger partial charge < -0.3 is 14.8 Å². The number of amides is 1. The maximum atomic E-state index is 16.1. The monoisotopic (exact) mass is 590 g/mol. The number of anilines is 1. The molecule has 7 nitrogen and oxygen atoms in total. The molecule has 8 rings (SSSR count). The highest BCUT2D eigenvalue weighted by atomic mass is 35.5. The maximum Gasteiger partial charge on any atom is 0.336 e. The van der Waals surface area contributed by atoms with Gasteiger partial charge in [-0.3, -0.25) is 9.69 Å². The topological polar surface area (TPSA) is 86.9 Å². The number of carbonyl (C=O) groups is 2. The molecular weight excluding hydrogens is 566 g/mol. The van der Waals surface area contributed by atoms with Crippen molar-refractivity contribution in [1.82, 2.24) is 14.3 Å². The van der Waals surface area contributed by atoms with Gasteiger partial charge in [0.15, 0.2) is 0 Å². The zero-order valence-electron chi connectivity index (χ0n) is 22.0. The molecule has 2 N–H and O–H groups in total. The summed E-state index contributed by atoms with van der Waals surface area (Å²) in [5.74, 6) is -2.28. The smallest absolute Gasteiger partial charge is 0.336 e. The number of aromatic carboxylic acids is 1. The predicted molar refractivity (Wildman–Crippen MR) is 152 cm³/mol. The predicted octanol–water partition coefficient (Wildman–Crippen LogP) is 6.15. The van der Waals surface area contributed by atoms with Gasteiger partial charge in [-0.1, -0.05) is 41.4 Å². The Labute approximate surface area is 244 Å².